The Kier molecular flexibility index (Phi) is 6.18. The molecule has 2 N–H and O–H groups in total. The molecule has 0 aliphatic heterocycles. The number of carbonyl (C=O) groups excluding carboxylic acids is 1. The minimum Gasteiger partial charge on any atom is -0.461 e. The fourth-order valence-electron chi connectivity index (χ4n) is 3.21. The van der Waals surface area contributed by atoms with E-state index in [-0.39, 0.29) is 11.4 Å². The molecular formula is C23H28ClN3O2. The summed E-state index contributed by atoms with van der Waals surface area (Å²) in [7, 11) is 0. The Hall–Kier alpha value is -2.53. The molecule has 0 atom stereocenters. The van der Waals surface area contributed by atoms with E-state index < -0.39 is 0 Å². The lowest BCUT2D eigenvalue weighted by Crippen LogP contribution is -2.39. The standard InChI is InChI=1S/C23H28ClN3O2/c1-6-25-21(27-23(5)10-11-23)19-15(3)29-16(4)20(19)22(28)26-12-9-17-8-7-14(2)18(24)13-17/h6-8,13,27H,3,9-12H2,1-2,4-5H3,(H,26,28)/b21-19-,25-6?. The number of nitrogens with zero attached hydrogens (tertiary/aromatic N) is 1. The van der Waals surface area contributed by atoms with Gasteiger partial charge in [0.05, 0.1) is 10.8 Å². The number of aliphatic imine (C=N–C) groups is 1. The second kappa shape index (κ2) is 8.46. The number of benzene rings is 1. The molecular weight excluding hydrogens is 386 g/mol. The van der Waals surface area contributed by atoms with Crippen molar-refractivity contribution in [2.45, 2.75) is 52.5 Å². The molecule has 3 rings (SSSR count). The predicted octanol–water partition coefficient (Wildman–Crippen LogP) is 3.23. The van der Waals surface area contributed by atoms with Gasteiger partial charge >= 0.3 is 0 Å². The van der Waals surface area contributed by atoms with Crippen molar-refractivity contribution in [3.63, 3.8) is 0 Å². The van der Waals surface area contributed by atoms with E-state index in [1.807, 2.05) is 32.0 Å². The largest absolute Gasteiger partial charge is 0.461 e. The Morgan fingerprint density at radius 3 is 2.72 bits per heavy atom. The van der Waals surface area contributed by atoms with Crippen LogP contribution in [0.1, 0.15) is 53.9 Å². The van der Waals surface area contributed by atoms with Crippen LogP contribution in [0.5, 0.6) is 0 Å². The average molecular weight is 414 g/mol. The molecule has 1 aliphatic carbocycles. The Bertz CT molecular complexity index is 1060. The molecule has 0 bridgehead atoms. The summed E-state index contributed by atoms with van der Waals surface area (Å²) in [5, 5.41) is 7.81. The number of halogens is 1. The van der Waals surface area contributed by atoms with Crippen LogP contribution < -0.4 is 21.3 Å². The van der Waals surface area contributed by atoms with Crippen molar-refractivity contribution in [1.29, 1.82) is 0 Å². The molecule has 1 heterocycles. The molecule has 6 heteroatoms. The maximum Gasteiger partial charge on any atom is 0.255 e. The summed E-state index contributed by atoms with van der Waals surface area (Å²) in [6.07, 6.45) is 4.53. The topological polar surface area (TPSA) is 66.6 Å². The fourth-order valence-corrected chi connectivity index (χ4v) is 3.42. The summed E-state index contributed by atoms with van der Waals surface area (Å²) in [4.78, 5) is 17.5. The molecule has 29 heavy (non-hydrogen) atoms. The number of carbonyl (C=O) groups is 1. The van der Waals surface area contributed by atoms with E-state index in [4.69, 9.17) is 16.0 Å². The molecule has 0 spiro atoms. The van der Waals surface area contributed by atoms with Crippen LogP contribution in [-0.2, 0) is 6.42 Å². The average Bonchev–Trinajstić information content (AvgIpc) is 3.30. The highest BCUT2D eigenvalue weighted by molar-refractivity contribution is 6.31. The molecule has 1 fully saturated rings. The first-order chi connectivity index (χ1) is 13.7. The summed E-state index contributed by atoms with van der Waals surface area (Å²) in [6, 6.07) is 5.95. The quantitative estimate of drug-likeness (QED) is 0.685. The van der Waals surface area contributed by atoms with Gasteiger partial charge in [-0.15, -0.1) is 0 Å². The zero-order valence-corrected chi connectivity index (χ0v) is 18.2. The summed E-state index contributed by atoms with van der Waals surface area (Å²) in [5.41, 5.74) is 3.05. The first-order valence-corrected chi connectivity index (χ1v) is 10.2. The van der Waals surface area contributed by atoms with Crippen LogP contribution in [-0.4, -0.2) is 24.2 Å². The molecule has 2 aromatic rings. The van der Waals surface area contributed by atoms with E-state index in [1.165, 1.54) is 0 Å². The molecule has 154 valence electrons. The van der Waals surface area contributed by atoms with Gasteiger partial charge in [0.1, 0.15) is 17.0 Å². The number of hydrogen-bond donors (Lipinski definition) is 2. The molecule has 5 nitrogen and oxygen atoms in total. The number of furan rings is 1. The van der Waals surface area contributed by atoms with E-state index in [9.17, 15) is 4.79 Å². The molecule has 1 amide bonds. The van der Waals surface area contributed by atoms with E-state index in [2.05, 4.69) is 29.1 Å². The van der Waals surface area contributed by atoms with Gasteiger partial charge in [0.2, 0.25) is 0 Å². The van der Waals surface area contributed by atoms with Crippen molar-refractivity contribution in [3.8, 4) is 0 Å². The van der Waals surface area contributed by atoms with Crippen molar-refractivity contribution >= 4 is 36.1 Å². The number of hydrogen-bond acceptors (Lipinski definition) is 4. The highest BCUT2D eigenvalue weighted by Gasteiger charge is 2.38. The molecule has 0 unspecified atom stereocenters. The van der Waals surface area contributed by atoms with E-state index >= 15 is 0 Å². The van der Waals surface area contributed by atoms with Crippen molar-refractivity contribution in [2.24, 2.45) is 4.99 Å². The highest BCUT2D eigenvalue weighted by Crippen LogP contribution is 2.35. The van der Waals surface area contributed by atoms with Crippen LogP contribution in [0.15, 0.2) is 27.6 Å². The van der Waals surface area contributed by atoms with E-state index in [0.29, 0.717) is 40.7 Å². The number of rotatable bonds is 7. The second-order valence-corrected chi connectivity index (χ2v) is 8.25. The van der Waals surface area contributed by atoms with Crippen molar-refractivity contribution < 1.29 is 9.21 Å². The zero-order valence-electron chi connectivity index (χ0n) is 17.5. The van der Waals surface area contributed by atoms with Gasteiger partial charge in [0.15, 0.2) is 0 Å². The molecule has 0 saturated heterocycles. The summed E-state index contributed by atoms with van der Waals surface area (Å²) >= 11 is 6.19. The Balaban J connectivity index is 1.84. The minimum atomic E-state index is -0.194. The monoisotopic (exact) mass is 413 g/mol. The fraction of sp³-hybridized carbons (Fsp3) is 0.391. The van der Waals surface area contributed by atoms with Gasteiger partial charge in [0, 0.05) is 23.3 Å². The zero-order chi connectivity index (χ0) is 21.2. The maximum absolute atomic E-state index is 13.0. The van der Waals surface area contributed by atoms with E-state index in [0.717, 1.165) is 29.0 Å². The second-order valence-electron chi connectivity index (χ2n) is 7.84. The predicted molar refractivity (Wildman–Crippen MR) is 119 cm³/mol. The normalized spacial score (nSPS) is 16.0. The van der Waals surface area contributed by atoms with Crippen molar-refractivity contribution in [3.05, 3.63) is 56.3 Å². The highest BCUT2D eigenvalue weighted by atomic mass is 35.5. The minimum absolute atomic E-state index is 0.0118. The van der Waals surface area contributed by atoms with Crippen LogP contribution in [0, 0.1) is 13.8 Å². The van der Waals surface area contributed by atoms with Gasteiger partial charge in [-0.2, -0.15) is 0 Å². The molecule has 0 radical (unpaired) electrons. The van der Waals surface area contributed by atoms with Crippen LogP contribution >= 0.6 is 11.6 Å². The third-order valence-electron chi connectivity index (χ3n) is 5.23. The smallest absolute Gasteiger partial charge is 0.255 e. The van der Waals surface area contributed by atoms with Gasteiger partial charge in [-0.3, -0.25) is 4.79 Å². The first-order valence-electron chi connectivity index (χ1n) is 9.87. The van der Waals surface area contributed by atoms with Crippen LogP contribution in [0.3, 0.4) is 0 Å². The van der Waals surface area contributed by atoms with Crippen LogP contribution in [0.2, 0.25) is 5.02 Å². The van der Waals surface area contributed by atoms with Crippen LogP contribution in [0.25, 0.3) is 12.4 Å². The van der Waals surface area contributed by atoms with Gasteiger partial charge in [-0.25, -0.2) is 4.99 Å². The molecule has 1 aromatic carbocycles. The van der Waals surface area contributed by atoms with Crippen LogP contribution in [0.4, 0.5) is 0 Å². The number of amides is 1. The lowest BCUT2D eigenvalue weighted by Gasteiger charge is -2.13. The SMILES string of the molecule is C=c1oc(C)c(C(=O)NCCc2ccc(C)c(Cl)c2)/c1=C(/N=CC)NC1(C)CC1. The number of aryl methyl sites for hydroxylation is 2. The molecule has 1 aliphatic rings. The Morgan fingerprint density at radius 1 is 1.38 bits per heavy atom. The van der Waals surface area contributed by atoms with Gasteiger partial charge in [-0.05, 0) is 64.2 Å². The summed E-state index contributed by atoms with van der Waals surface area (Å²) in [5.74, 6) is 0.971. The summed E-state index contributed by atoms with van der Waals surface area (Å²) < 4.78 is 5.70. The van der Waals surface area contributed by atoms with Gasteiger partial charge in [0.25, 0.3) is 5.91 Å². The Labute approximate surface area is 176 Å². The number of nitrogens with one attached hydrogen (secondary N) is 2. The van der Waals surface area contributed by atoms with Gasteiger partial charge in [-0.1, -0.05) is 30.3 Å². The summed E-state index contributed by atoms with van der Waals surface area (Å²) in [6.45, 7) is 12.2. The third kappa shape index (κ3) is 4.91. The first kappa shape index (κ1) is 21.2. The van der Waals surface area contributed by atoms with Crippen molar-refractivity contribution in [2.75, 3.05) is 6.54 Å². The maximum atomic E-state index is 13.0. The molecule has 1 aromatic heterocycles. The lowest BCUT2D eigenvalue weighted by atomic mass is 10.1. The molecule has 1 saturated carbocycles. The third-order valence-corrected chi connectivity index (χ3v) is 5.64. The van der Waals surface area contributed by atoms with Gasteiger partial charge < -0.3 is 15.1 Å². The lowest BCUT2D eigenvalue weighted by molar-refractivity contribution is 0.0951. The van der Waals surface area contributed by atoms with Crippen molar-refractivity contribution in [1.82, 2.24) is 10.6 Å². The van der Waals surface area contributed by atoms with E-state index in [1.54, 1.807) is 13.1 Å². The Morgan fingerprint density at radius 2 is 2.10 bits per heavy atom.